The van der Waals surface area contributed by atoms with Crippen molar-refractivity contribution >= 4 is 5.97 Å². The molecule has 1 aliphatic rings. The minimum absolute atomic E-state index is 0.147. The SMILES string of the molecule is CC(C)(C)OC(=O)CN1CCNCCNCCNCC1.CCCCCCCCCCCCCC. The van der Waals surface area contributed by atoms with Gasteiger partial charge in [-0.2, -0.15) is 0 Å². The van der Waals surface area contributed by atoms with Crippen LogP contribution >= 0.6 is 0 Å². The highest BCUT2D eigenvalue weighted by Crippen LogP contribution is 2.11. The summed E-state index contributed by atoms with van der Waals surface area (Å²) in [6.45, 7) is 18.0. The minimum atomic E-state index is -0.411. The smallest absolute Gasteiger partial charge is 0.320 e. The van der Waals surface area contributed by atoms with Gasteiger partial charge < -0.3 is 20.7 Å². The number of nitrogens with one attached hydrogen (secondary N) is 3. The summed E-state index contributed by atoms with van der Waals surface area (Å²) in [5, 5.41) is 10.1. The first-order valence-corrected chi connectivity index (χ1v) is 14.5. The highest BCUT2D eigenvalue weighted by atomic mass is 16.6. The molecular weight excluding hydrogens is 424 g/mol. The van der Waals surface area contributed by atoms with Crippen LogP contribution in [0.3, 0.4) is 0 Å². The molecule has 0 spiro atoms. The zero-order valence-electron chi connectivity index (χ0n) is 23.6. The van der Waals surface area contributed by atoms with Gasteiger partial charge in [-0.15, -0.1) is 0 Å². The predicted octanol–water partition coefficient (Wildman–Crippen LogP) is 5.12. The van der Waals surface area contributed by atoms with E-state index < -0.39 is 5.60 Å². The van der Waals surface area contributed by atoms with Crippen LogP contribution in [-0.4, -0.2) is 75.4 Å². The number of esters is 1. The maximum Gasteiger partial charge on any atom is 0.320 e. The van der Waals surface area contributed by atoms with E-state index in [1.54, 1.807) is 0 Å². The first kappa shape index (κ1) is 33.3. The Morgan fingerprint density at radius 2 is 1.00 bits per heavy atom. The van der Waals surface area contributed by atoms with E-state index in [4.69, 9.17) is 4.74 Å². The molecule has 0 bridgehead atoms. The molecule has 0 aliphatic carbocycles. The third-order valence-corrected chi connectivity index (χ3v) is 5.90. The Kier molecular flexibility index (Phi) is 23.5. The molecule has 0 atom stereocenters. The maximum absolute atomic E-state index is 11.9. The fourth-order valence-electron chi connectivity index (χ4n) is 3.94. The predicted molar refractivity (Wildman–Crippen MR) is 148 cm³/mol. The van der Waals surface area contributed by atoms with Crippen LogP contribution < -0.4 is 16.0 Å². The molecular formula is C28H60N4O2. The van der Waals surface area contributed by atoms with Crippen molar-refractivity contribution in [2.45, 2.75) is 117 Å². The van der Waals surface area contributed by atoms with Gasteiger partial charge in [-0.25, -0.2) is 0 Å². The number of carbonyl (C=O) groups excluding carboxylic acids is 1. The maximum atomic E-state index is 11.9. The van der Waals surface area contributed by atoms with Crippen LogP contribution in [0.4, 0.5) is 0 Å². The Morgan fingerprint density at radius 1 is 0.647 bits per heavy atom. The van der Waals surface area contributed by atoms with Gasteiger partial charge in [0.25, 0.3) is 0 Å². The zero-order chi connectivity index (χ0) is 25.3. The number of carbonyl (C=O) groups is 1. The fourth-order valence-corrected chi connectivity index (χ4v) is 3.94. The van der Waals surface area contributed by atoms with Gasteiger partial charge in [0.05, 0.1) is 6.54 Å². The minimum Gasteiger partial charge on any atom is -0.459 e. The third-order valence-electron chi connectivity index (χ3n) is 5.90. The second-order valence-corrected chi connectivity index (χ2v) is 10.6. The van der Waals surface area contributed by atoms with Crippen LogP contribution in [0.5, 0.6) is 0 Å². The van der Waals surface area contributed by atoms with Crippen molar-refractivity contribution in [2.24, 2.45) is 0 Å². The van der Waals surface area contributed by atoms with Gasteiger partial charge in [0, 0.05) is 52.4 Å². The largest absolute Gasteiger partial charge is 0.459 e. The van der Waals surface area contributed by atoms with Crippen LogP contribution in [0.25, 0.3) is 0 Å². The van der Waals surface area contributed by atoms with Crippen molar-refractivity contribution < 1.29 is 9.53 Å². The van der Waals surface area contributed by atoms with Crippen molar-refractivity contribution in [3.63, 3.8) is 0 Å². The zero-order valence-corrected chi connectivity index (χ0v) is 23.6. The van der Waals surface area contributed by atoms with E-state index in [0.29, 0.717) is 6.54 Å². The molecule has 6 nitrogen and oxygen atoms in total. The molecule has 1 rings (SSSR count). The van der Waals surface area contributed by atoms with Crippen LogP contribution in [0.1, 0.15) is 112 Å². The molecule has 0 aromatic rings. The number of hydrogen-bond acceptors (Lipinski definition) is 6. The molecule has 1 saturated heterocycles. The standard InChI is InChI=1S/C14H30N4O2.C14H30/c1-14(2,3)20-13(19)12-18-10-8-16-6-4-15-5-7-17-9-11-18;1-3-5-7-9-11-13-14-12-10-8-6-4-2/h15-17H,4-12H2,1-3H3;3-14H2,1-2H3. The topological polar surface area (TPSA) is 65.6 Å². The molecule has 1 heterocycles. The fraction of sp³-hybridized carbons (Fsp3) is 0.964. The van der Waals surface area contributed by atoms with Gasteiger partial charge in [-0.05, 0) is 20.8 Å². The lowest BCUT2D eigenvalue weighted by Crippen LogP contribution is -2.44. The average molecular weight is 485 g/mol. The van der Waals surface area contributed by atoms with Crippen molar-refractivity contribution in [3.05, 3.63) is 0 Å². The Balaban J connectivity index is 0.000000686. The van der Waals surface area contributed by atoms with E-state index in [1.807, 2.05) is 20.8 Å². The van der Waals surface area contributed by atoms with Crippen LogP contribution in [0.2, 0.25) is 0 Å². The Bertz CT molecular complexity index is 417. The van der Waals surface area contributed by atoms with Gasteiger partial charge >= 0.3 is 5.97 Å². The lowest BCUT2D eigenvalue weighted by atomic mass is 10.1. The third kappa shape index (κ3) is 25.9. The van der Waals surface area contributed by atoms with E-state index in [2.05, 4.69) is 34.7 Å². The van der Waals surface area contributed by atoms with E-state index in [9.17, 15) is 4.79 Å². The molecule has 0 saturated carbocycles. The molecule has 0 unspecified atom stereocenters. The molecule has 0 aromatic carbocycles. The summed E-state index contributed by atoms with van der Waals surface area (Å²) in [6, 6.07) is 0. The van der Waals surface area contributed by atoms with Crippen molar-refractivity contribution in [1.29, 1.82) is 0 Å². The summed E-state index contributed by atoms with van der Waals surface area (Å²) in [5.41, 5.74) is -0.411. The number of ether oxygens (including phenoxy) is 1. The number of rotatable bonds is 13. The van der Waals surface area contributed by atoms with E-state index >= 15 is 0 Å². The molecule has 1 aliphatic heterocycles. The summed E-state index contributed by atoms with van der Waals surface area (Å²) in [5.74, 6) is -0.147. The average Bonchev–Trinajstić information content (AvgIpc) is 2.76. The highest BCUT2D eigenvalue weighted by Gasteiger charge is 2.18. The number of hydrogen-bond donors (Lipinski definition) is 3. The lowest BCUT2D eigenvalue weighted by molar-refractivity contribution is -0.156. The normalized spacial score (nSPS) is 16.6. The van der Waals surface area contributed by atoms with Gasteiger partial charge in [-0.1, -0.05) is 90.9 Å². The van der Waals surface area contributed by atoms with Crippen molar-refractivity contribution in [3.8, 4) is 0 Å². The van der Waals surface area contributed by atoms with Crippen LogP contribution in [-0.2, 0) is 9.53 Å². The second kappa shape index (κ2) is 24.0. The van der Waals surface area contributed by atoms with Gasteiger partial charge in [0.15, 0.2) is 0 Å². The quantitative estimate of drug-likeness (QED) is 0.249. The molecule has 0 radical (unpaired) electrons. The van der Waals surface area contributed by atoms with E-state index in [1.165, 1.54) is 77.0 Å². The molecule has 34 heavy (non-hydrogen) atoms. The Labute approximate surface area is 212 Å². The van der Waals surface area contributed by atoms with E-state index in [0.717, 1.165) is 52.4 Å². The summed E-state index contributed by atoms with van der Waals surface area (Å²) in [7, 11) is 0. The number of unbranched alkanes of at least 4 members (excludes halogenated alkanes) is 11. The summed E-state index contributed by atoms with van der Waals surface area (Å²) < 4.78 is 5.38. The lowest BCUT2D eigenvalue weighted by Gasteiger charge is -2.25. The van der Waals surface area contributed by atoms with Gasteiger partial charge in [0.2, 0.25) is 0 Å². The van der Waals surface area contributed by atoms with Crippen LogP contribution in [0.15, 0.2) is 0 Å². The molecule has 6 heteroatoms. The van der Waals surface area contributed by atoms with Crippen molar-refractivity contribution in [1.82, 2.24) is 20.9 Å². The summed E-state index contributed by atoms with van der Waals surface area (Å²) in [4.78, 5) is 14.0. The highest BCUT2D eigenvalue weighted by molar-refractivity contribution is 5.72. The summed E-state index contributed by atoms with van der Waals surface area (Å²) >= 11 is 0. The molecule has 0 aromatic heterocycles. The molecule has 0 amide bonds. The number of nitrogens with zero attached hydrogens (tertiary/aromatic N) is 1. The Hall–Kier alpha value is -0.690. The molecule has 3 N–H and O–H groups in total. The second-order valence-electron chi connectivity index (χ2n) is 10.6. The van der Waals surface area contributed by atoms with Gasteiger partial charge in [-0.3, -0.25) is 9.69 Å². The van der Waals surface area contributed by atoms with Crippen LogP contribution in [0, 0.1) is 0 Å². The van der Waals surface area contributed by atoms with Crippen molar-refractivity contribution in [2.75, 3.05) is 58.9 Å². The molecule has 1 fully saturated rings. The monoisotopic (exact) mass is 484 g/mol. The summed E-state index contributed by atoms with van der Waals surface area (Å²) in [6.07, 6.45) is 17.4. The van der Waals surface area contributed by atoms with E-state index in [-0.39, 0.29) is 5.97 Å². The Morgan fingerprint density at radius 3 is 1.35 bits per heavy atom. The molecule has 204 valence electrons. The first-order valence-electron chi connectivity index (χ1n) is 14.5. The first-order chi connectivity index (χ1) is 16.4. The van der Waals surface area contributed by atoms with Gasteiger partial charge in [0.1, 0.15) is 5.60 Å².